The Morgan fingerprint density at radius 3 is 1.64 bits per heavy atom. The molecule has 0 spiro atoms. The highest BCUT2D eigenvalue weighted by Crippen LogP contribution is 2.13. The van der Waals surface area contributed by atoms with Gasteiger partial charge in [0.1, 0.15) is 34.8 Å². The topological polar surface area (TPSA) is 204 Å². The number of benzene rings is 3. The van der Waals surface area contributed by atoms with Crippen molar-refractivity contribution in [1.29, 1.82) is 0 Å². The number of Topliss-reactive ketones (excluding diaryl/α,β-unsaturated/α-hetero) is 1. The molecule has 0 aliphatic rings. The quantitative estimate of drug-likeness (QED) is 0.0844. The number of rotatable bonds is 13. The number of carboxylic acid groups (broad SMARTS) is 1. The Morgan fingerprint density at radius 2 is 1.20 bits per heavy atom. The van der Waals surface area contributed by atoms with Gasteiger partial charge in [0.15, 0.2) is 12.4 Å². The lowest BCUT2D eigenvalue weighted by atomic mass is 10.2. The fourth-order valence-corrected chi connectivity index (χ4v) is 6.31. The highest BCUT2D eigenvalue weighted by Gasteiger charge is 2.01. The Balaban J connectivity index is 0.000000197. The second kappa shape index (κ2) is 26.2. The van der Waals surface area contributed by atoms with E-state index in [1.165, 1.54) is 40.1 Å². The SMILES string of the molecule is CC(=O)COc1ccc(C)cc1.Cc1ccc(OCC(=O)O)cc1.Cc1ccc(S(=O)(=O)[O-])cc1.c1csc(CCc2ccn[nH]2)c1.c1csc(C[NH2+]c2ccn[nH]2)c1. The maximum atomic E-state index is 10.6. The third kappa shape index (κ3) is 21.4. The third-order valence-electron chi connectivity index (χ3n) is 7.56. The summed E-state index contributed by atoms with van der Waals surface area (Å²) in [6.45, 7) is 8.15. The number of carbonyl (C=O) groups excluding carboxylic acids is 1. The van der Waals surface area contributed by atoms with Gasteiger partial charge >= 0.3 is 5.97 Å². The van der Waals surface area contributed by atoms with Crippen LogP contribution in [-0.2, 0) is 39.1 Å². The van der Waals surface area contributed by atoms with Gasteiger partial charge in [0, 0.05) is 22.8 Å². The zero-order chi connectivity index (χ0) is 42.9. The van der Waals surface area contributed by atoms with Gasteiger partial charge in [-0.1, -0.05) is 65.2 Å². The number of quaternary nitrogens is 1. The van der Waals surface area contributed by atoms with Crippen molar-refractivity contribution in [3.05, 3.63) is 164 Å². The zero-order valence-corrected chi connectivity index (χ0v) is 35.7. The molecule has 0 aliphatic heterocycles. The molecule has 0 aliphatic carbocycles. The normalized spacial score (nSPS) is 10.2. The van der Waals surface area contributed by atoms with Crippen molar-refractivity contribution >= 4 is 50.4 Å². The minimum Gasteiger partial charge on any atom is -0.744 e. The molecule has 0 radical (unpaired) electrons. The minimum absolute atomic E-state index is 0.0376. The van der Waals surface area contributed by atoms with E-state index in [4.69, 9.17) is 14.6 Å². The van der Waals surface area contributed by atoms with Gasteiger partial charge in [-0.05, 0) is 106 Å². The molecule has 13 nitrogen and oxygen atoms in total. The van der Waals surface area contributed by atoms with Crippen LogP contribution in [0.3, 0.4) is 0 Å². The molecule has 312 valence electrons. The van der Waals surface area contributed by atoms with E-state index in [0.29, 0.717) is 5.75 Å². The van der Waals surface area contributed by atoms with E-state index in [9.17, 15) is 22.6 Å². The van der Waals surface area contributed by atoms with E-state index < -0.39 is 16.1 Å². The molecule has 7 rings (SSSR count). The maximum absolute atomic E-state index is 10.6. The first kappa shape index (κ1) is 47.5. The molecular formula is C43H49N5O8S3. The molecule has 0 fully saturated rings. The van der Waals surface area contributed by atoms with E-state index in [1.807, 2.05) is 80.6 Å². The number of ketones is 1. The molecule has 0 saturated carbocycles. The molecule has 0 bridgehead atoms. The third-order valence-corrected chi connectivity index (χ3v) is 10.2. The number of aromatic nitrogens is 4. The van der Waals surface area contributed by atoms with Gasteiger partial charge in [-0.25, -0.2) is 18.3 Å². The number of aliphatic carboxylic acids is 1. The summed E-state index contributed by atoms with van der Waals surface area (Å²) in [5, 5.41) is 28.3. The summed E-state index contributed by atoms with van der Waals surface area (Å²) < 4.78 is 41.3. The van der Waals surface area contributed by atoms with Crippen LogP contribution < -0.4 is 14.8 Å². The van der Waals surface area contributed by atoms with Crippen molar-refractivity contribution in [2.24, 2.45) is 0 Å². The number of H-pyrrole nitrogens is 2. The number of carbonyl (C=O) groups is 2. The molecule has 0 amide bonds. The predicted octanol–water partition coefficient (Wildman–Crippen LogP) is 7.44. The molecule has 4 heterocycles. The van der Waals surface area contributed by atoms with Gasteiger partial charge in [0.25, 0.3) is 0 Å². The first-order valence-corrected chi connectivity index (χ1v) is 21.4. The van der Waals surface area contributed by atoms with Crippen molar-refractivity contribution in [3.8, 4) is 11.5 Å². The van der Waals surface area contributed by atoms with Crippen LogP contribution in [0, 0.1) is 20.8 Å². The number of thiophene rings is 2. The second-order valence-corrected chi connectivity index (χ2v) is 16.2. The average molecular weight is 860 g/mol. The summed E-state index contributed by atoms with van der Waals surface area (Å²) in [6.07, 6.45) is 5.73. The van der Waals surface area contributed by atoms with Gasteiger partial charge in [-0.3, -0.25) is 15.2 Å². The van der Waals surface area contributed by atoms with Gasteiger partial charge in [0.05, 0.1) is 16.0 Å². The lowest BCUT2D eigenvalue weighted by molar-refractivity contribution is -0.591. The van der Waals surface area contributed by atoms with Crippen LogP contribution in [0.2, 0.25) is 0 Å². The van der Waals surface area contributed by atoms with Gasteiger partial charge in [-0.2, -0.15) is 10.2 Å². The molecule has 5 N–H and O–H groups in total. The number of aromatic amines is 2. The Kier molecular flexibility index (Phi) is 21.0. The highest BCUT2D eigenvalue weighted by molar-refractivity contribution is 7.85. The van der Waals surface area contributed by atoms with Crippen molar-refractivity contribution in [1.82, 2.24) is 20.4 Å². The molecular weight excluding hydrogens is 811 g/mol. The maximum Gasteiger partial charge on any atom is 0.341 e. The Labute approximate surface area is 352 Å². The highest BCUT2D eigenvalue weighted by atomic mass is 32.2. The van der Waals surface area contributed by atoms with Crippen molar-refractivity contribution in [2.45, 2.75) is 52.0 Å². The lowest BCUT2D eigenvalue weighted by Gasteiger charge is -2.05. The number of carboxylic acids is 1. The number of aryl methyl sites for hydroxylation is 5. The number of ether oxygens (including phenoxy) is 2. The van der Waals surface area contributed by atoms with Crippen LogP contribution >= 0.6 is 22.7 Å². The summed E-state index contributed by atoms with van der Waals surface area (Å²) in [5.74, 6) is 1.49. The van der Waals surface area contributed by atoms with E-state index >= 15 is 0 Å². The number of hydrogen-bond acceptors (Lipinski definition) is 11. The van der Waals surface area contributed by atoms with Gasteiger partial charge in [0.2, 0.25) is 5.82 Å². The Hall–Kier alpha value is -5.91. The molecule has 59 heavy (non-hydrogen) atoms. The summed E-state index contributed by atoms with van der Waals surface area (Å²) in [4.78, 5) is 23.3. The predicted molar refractivity (Wildman–Crippen MR) is 229 cm³/mol. The first-order chi connectivity index (χ1) is 28.3. The zero-order valence-electron chi connectivity index (χ0n) is 33.2. The van der Waals surface area contributed by atoms with Crippen LogP contribution in [-0.4, -0.2) is 63.4 Å². The van der Waals surface area contributed by atoms with Gasteiger partial charge in [-0.15, -0.1) is 22.7 Å². The summed E-state index contributed by atoms with van der Waals surface area (Å²) in [5.41, 5.74) is 4.45. The number of nitrogens with two attached hydrogens (primary N) is 1. The minimum atomic E-state index is -4.27. The molecule has 0 saturated heterocycles. The molecule has 3 aromatic carbocycles. The number of hydrogen-bond donors (Lipinski definition) is 4. The Morgan fingerprint density at radius 1 is 0.695 bits per heavy atom. The molecule has 16 heteroatoms. The summed E-state index contributed by atoms with van der Waals surface area (Å²) >= 11 is 3.59. The molecule has 0 unspecified atom stereocenters. The monoisotopic (exact) mass is 859 g/mol. The average Bonchev–Trinajstić information content (AvgIpc) is 4.06. The largest absolute Gasteiger partial charge is 0.744 e. The number of nitrogens with zero attached hydrogens (tertiary/aromatic N) is 2. The molecule has 7 aromatic rings. The Bertz CT molecular complexity index is 2070. The van der Waals surface area contributed by atoms with Crippen LogP contribution in [0.25, 0.3) is 0 Å². The summed E-state index contributed by atoms with van der Waals surface area (Å²) in [7, 11) is -4.27. The fraction of sp³-hybridized carbons (Fsp3) is 0.209. The lowest BCUT2D eigenvalue weighted by Crippen LogP contribution is -2.76. The van der Waals surface area contributed by atoms with Crippen LogP contribution in [0.5, 0.6) is 11.5 Å². The van der Waals surface area contributed by atoms with Crippen molar-refractivity contribution < 1.29 is 42.5 Å². The first-order valence-electron chi connectivity index (χ1n) is 18.2. The molecule has 4 aromatic heterocycles. The molecule has 0 atom stereocenters. The number of nitrogens with one attached hydrogen (secondary N) is 2. The van der Waals surface area contributed by atoms with Crippen molar-refractivity contribution in [3.63, 3.8) is 0 Å². The van der Waals surface area contributed by atoms with E-state index in [1.54, 1.807) is 48.0 Å². The smallest absolute Gasteiger partial charge is 0.341 e. The summed E-state index contributed by atoms with van der Waals surface area (Å²) in [6, 6.07) is 33.1. The van der Waals surface area contributed by atoms with Crippen LogP contribution in [0.1, 0.15) is 39.1 Å². The van der Waals surface area contributed by atoms with E-state index in [0.717, 1.165) is 42.1 Å². The van der Waals surface area contributed by atoms with E-state index in [-0.39, 0.29) is 23.9 Å². The standard InChI is InChI=1S/C10H12O2.C9H10N2S.C9H10O3.C8H9N3S.C7H8O3S/c1-8-3-5-10(6-4-8)12-7-9(2)11;1-2-9(12-7-1)4-3-8-5-6-10-11-8;1-7-2-4-8(5-3-7)12-6-9(10)11;1-2-7(12-5-1)6-9-8-3-4-10-11-8;1-6-2-4-7(5-3-6)11(8,9)10/h3-6H,7H2,1-2H3;1-2,5-7H,3-4H2,(H,10,11);2-5H,6H2,1H3,(H,10,11);1-5H,6H2,(H2,9,10,11);2-5H,1H3,(H,8,9,10). The fourth-order valence-electron chi connectivity index (χ4n) is 4.46. The van der Waals surface area contributed by atoms with Gasteiger partial charge < -0.3 is 19.1 Å². The van der Waals surface area contributed by atoms with Crippen molar-refractivity contribution in [2.75, 3.05) is 13.2 Å². The van der Waals surface area contributed by atoms with Crippen LogP contribution in [0.4, 0.5) is 5.82 Å². The van der Waals surface area contributed by atoms with Crippen LogP contribution in [0.15, 0.2) is 137 Å². The van der Waals surface area contributed by atoms with E-state index in [2.05, 4.69) is 60.7 Å². The second-order valence-electron chi connectivity index (χ2n) is 12.7.